The Labute approximate surface area is 661 Å². The van der Waals surface area contributed by atoms with Gasteiger partial charge in [-0.15, -0.1) is 0 Å². The molecule has 0 aliphatic rings. The molecular weight excluding hydrogens is 1490 g/mol. The Kier molecular flexibility index (Phi) is 32.0. The van der Waals surface area contributed by atoms with Crippen LogP contribution in [-0.2, 0) is 78.1 Å². The van der Waals surface area contributed by atoms with E-state index in [1.54, 1.807) is 99.9 Å². The number of hydrogen-bond acceptors (Lipinski definition) is 19. The lowest BCUT2D eigenvalue weighted by Gasteiger charge is -2.15. The van der Waals surface area contributed by atoms with Crippen molar-refractivity contribution in [2.24, 2.45) is 55.1 Å². The highest BCUT2D eigenvalue weighted by atomic mass is 16.5. The molecule has 1 aromatic carbocycles. The van der Waals surface area contributed by atoms with E-state index in [2.05, 4.69) is 84.0 Å². The van der Waals surface area contributed by atoms with E-state index in [0.29, 0.717) is 65.6 Å². The number of aryl methyl sites for hydroxylation is 7. The van der Waals surface area contributed by atoms with Crippen LogP contribution in [0.1, 0.15) is 168 Å². The normalized spacial score (nSPS) is 10.9. The molecule has 40 heteroatoms. The molecule has 17 N–H and O–H groups in total. The summed E-state index contributed by atoms with van der Waals surface area (Å²) in [5, 5.41) is 43.9. The number of anilines is 8. The fourth-order valence-corrected chi connectivity index (χ4v) is 11.9. The second-order valence-corrected chi connectivity index (χ2v) is 27.3. The van der Waals surface area contributed by atoms with Gasteiger partial charge in [-0.1, -0.05) is 12.8 Å². The molecule has 14 amide bonds. The van der Waals surface area contributed by atoms with E-state index in [9.17, 15) is 67.1 Å². The van der Waals surface area contributed by atoms with Gasteiger partial charge in [0.25, 0.3) is 47.3 Å². The summed E-state index contributed by atoms with van der Waals surface area (Å²) < 4.78 is 10.4. The van der Waals surface area contributed by atoms with Crippen molar-refractivity contribution in [3.8, 4) is 0 Å². The average Bonchev–Trinajstić information content (AvgIpc) is 1.59. The van der Waals surface area contributed by atoms with Crippen LogP contribution in [0.2, 0.25) is 0 Å². The first kappa shape index (κ1) is 87.1. The molecule has 0 aliphatic heterocycles. The van der Waals surface area contributed by atoms with Gasteiger partial charge in [-0.05, 0) is 113 Å². The Morgan fingerprint density at radius 2 is 0.678 bits per heavy atom. The fraction of sp³-hybridized carbons (Fsp3) is 0.387. The third kappa shape index (κ3) is 26.6. The number of imidazole rings is 2. The predicted molar refractivity (Wildman–Crippen MR) is 425 cm³/mol. The third-order valence-corrected chi connectivity index (χ3v) is 17.9. The number of carbonyl (C=O) groups is 14. The topological polar surface area (TPSA) is 517 Å². The second-order valence-electron chi connectivity index (χ2n) is 27.3. The highest BCUT2D eigenvalue weighted by molar-refractivity contribution is 6.10. The van der Waals surface area contributed by atoms with Crippen molar-refractivity contribution < 1.29 is 72.3 Å². The molecule has 0 saturated heterocycles. The van der Waals surface area contributed by atoms with Crippen molar-refractivity contribution in [3.05, 3.63) is 144 Å². The van der Waals surface area contributed by atoms with Crippen LogP contribution in [0.15, 0.2) is 98.0 Å². The molecule has 0 fully saturated rings. The summed E-state index contributed by atoms with van der Waals surface area (Å²) >= 11 is 0. The first-order chi connectivity index (χ1) is 54.9. The van der Waals surface area contributed by atoms with Crippen LogP contribution in [0.4, 0.5) is 45.8 Å². The summed E-state index contributed by atoms with van der Waals surface area (Å²) in [7, 11) is 13.3. The van der Waals surface area contributed by atoms with Gasteiger partial charge in [0.1, 0.15) is 28.5 Å². The van der Waals surface area contributed by atoms with Crippen LogP contribution in [0, 0.1) is 0 Å². The van der Waals surface area contributed by atoms with E-state index < -0.39 is 70.9 Å². The molecule has 8 rings (SSSR count). The molecule has 0 unspecified atom stereocenters. The van der Waals surface area contributed by atoms with Gasteiger partial charge < -0.3 is 112 Å². The molecule has 0 radical (unpaired) electrons. The quantitative estimate of drug-likeness (QED) is 0.0148. The van der Waals surface area contributed by atoms with Gasteiger partial charge in [-0.25, -0.2) is 15.4 Å². The van der Waals surface area contributed by atoms with Crippen LogP contribution < -0.4 is 80.3 Å². The van der Waals surface area contributed by atoms with Crippen LogP contribution in [0.25, 0.3) is 0 Å². The molecule has 0 atom stereocenters. The number of unbranched alkanes of at least 4 members (excludes halogenated alkanes) is 3. The van der Waals surface area contributed by atoms with Crippen molar-refractivity contribution in [2.45, 2.75) is 83.5 Å². The van der Waals surface area contributed by atoms with Crippen LogP contribution in [0.3, 0.4) is 0 Å². The molecule has 0 bridgehead atoms. The minimum absolute atomic E-state index is 0.00924. The minimum Gasteiger partial charge on any atom is -0.356 e. The smallest absolute Gasteiger partial charge is 0.287 e. The molecule has 8 aromatic rings. The Bertz CT molecular complexity index is 4860. The monoisotopic (exact) mass is 1590 g/mol. The average molecular weight is 1590 g/mol. The second kappa shape index (κ2) is 42.2. The number of carbonyl (C=O) groups excluding carboxylic acids is 14. The van der Waals surface area contributed by atoms with E-state index in [4.69, 9.17) is 10.9 Å². The van der Waals surface area contributed by atoms with Crippen LogP contribution in [0.5, 0.6) is 0 Å². The standard InChI is InChI=1S/C75H99N25O15/c1-93(32-14-26-76)33-15-28-78-69(108)53-36-50(41-94(53)2)85-71(110)55-38-52(43-97(55)5)87-72(111)56-37-51(42-98(56)6)86-70(109)54-34-48(39-95(54)3)83-62(103)18-13-27-79-74(113)66-89-58(44-99(66)7)88-64(105)25-31-81-75(114)67-90-59(45-100(67)8)91-73(112)57-35-49(40-96(57)4)84-63(104)24-29-77-60(101)23-30-80-68(107)46-19-21-47(22-20-46)82-61(102)16-11-9-10-12-17-65(106)92-115/h19-22,34-45,115H,9-18,23-33,76H2,1-8H3,(H,77,101)(H,78,108)(H,79,113)(H,80,107)(H,81,114)(H,82,102)(H,83,103)(H,84,104)(H,85,110)(H,86,109)(H,87,111)(H,88,105)(H,91,112)(H,92,106). The van der Waals surface area contributed by atoms with Gasteiger partial charge in [0.15, 0.2) is 11.6 Å². The maximum absolute atomic E-state index is 13.5. The van der Waals surface area contributed by atoms with Gasteiger partial charge in [0.2, 0.25) is 47.1 Å². The molecule has 0 spiro atoms. The van der Waals surface area contributed by atoms with Crippen molar-refractivity contribution in [3.63, 3.8) is 0 Å². The third-order valence-electron chi connectivity index (χ3n) is 17.9. The van der Waals surface area contributed by atoms with Gasteiger partial charge >= 0.3 is 0 Å². The summed E-state index contributed by atoms with van der Waals surface area (Å²) in [4.78, 5) is 191. The summed E-state index contributed by atoms with van der Waals surface area (Å²) in [6.45, 7) is 2.73. The Balaban J connectivity index is 0.674. The number of amides is 14. The van der Waals surface area contributed by atoms with Gasteiger partial charge in [-0.3, -0.25) is 72.3 Å². The highest BCUT2D eigenvalue weighted by Crippen LogP contribution is 2.23. The van der Waals surface area contributed by atoms with Crippen LogP contribution in [-0.4, -0.2) is 194 Å². The molecule has 0 aliphatic carbocycles. The number of rotatable bonds is 43. The van der Waals surface area contributed by atoms with Gasteiger partial charge in [0, 0.05) is 175 Å². The van der Waals surface area contributed by atoms with Crippen molar-refractivity contribution in [1.29, 1.82) is 0 Å². The van der Waals surface area contributed by atoms with Crippen LogP contribution >= 0.6 is 0 Å². The highest BCUT2D eigenvalue weighted by Gasteiger charge is 2.24. The summed E-state index contributed by atoms with van der Waals surface area (Å²) in [6.07, 6.45) is 15.3. The van der Waals surface area contributed by atoms with E-state index in [-0.39, 0.29) is 135 Å². The number of hydrogen-bond donors (Lipinski definition) is 16. The SMILES string of the molecule is CN(CCCN)CCCNC(=O)c1cc(NC(=O)c2cc(NC(=O)c3cc(NC(=O)c4cc(NC(=O)CCCNC(=O)c5nc(NC(=O)CCNC(=O)c6nc(NC(=O)c7cc(NC(=O)CCNC(=O)CCNC(=O)c8ccc(NC(=O)CCCCCCC(=O)NO)cc8)cn7C)cn6C)cn5C)cn4C)cn3C)cn2C)cn1C. The number of nitrogens with one attached hydrogen (secondary N) is 14. The molecule has 40 nitrogen and oxygen atoms in total. The zero-order valence-corrected chi connectivity index (χ0v) is 65.3. The number of benzene rings is 1. The van der Waals surface area contributed by atoms with E-state index in [1.807, 2.05) is 7.05 Å². The summed E-state index contributed by atoms with van der Waals surface area (Å²) in [6, 6.07) is 13.7. The van der Waals surface area contributed by atoms with Crippen molar-refractivity contribution in [1.82, 2.24) is 78.9 Å². The molecule has 0 saturated carbocycles. The predicted octanol–water partition coefficient (Wildman–Crippen LogP) is 3.21. The summed E-state index contributed by atoms with van der Waals surface area (Å²) in [5.74, 6) is -6.59. The molecule has 7 heterocycles. The largest absolute Gasteiger partial charge is 0.356 e. The molecule has 115 heavy (non-hydrogen) atoms. The fourth-order valence-electron chi connectivity index (χ4n) is 11.9. The first-order valence-electron chi connectivity index (χ1n) is 37.1. The van der Waals surface area contributed by atoms with E-state index >= 15 is 0 Å². The maximum Gasteiger partial charge on any atom is 0.287 e. The first-order valence-corrected chi connectivity index (χ1v) is 37.1. The lowest BCUT2D eigenvalue weighted by molar-refractivity contribution is -0.129. The van der Waals surface area contributed by atoms with E-state index in [0.717, 1.165) is 38.8 Å². The van der Waals surface area contributed by atoms with E-state index in [1.165, 1.54) is 84.9 Å². The lowest BCUT2D eigenvalue weighted by Crippen LogP contribution is -2.32. The van der Waals surface area contributed by atoms with Crippen molar-refractivity contribution >= 4 is 128 Å². The zero-order chi connectivity index (χ0) is 83.4. The Morgan fingerprint density at radius 3 is 1.15 bits per heavy atom. The number of nitrogens with zero attached hydrogens (tertiary/aromatic N) is 10. The van der Waals surface area contributed by atoms with Gasteiger partial charge in [-0.2, -0.15) is 0 Å². The molecular formula is C75H99N25O15. The minimum atomic E-state index is -0.658. The summed E-state index contributed by atoms with van der Waals surface area (Å²) in [5.41, 5.74) is 10.7. The zero-order valence-electron chi connectivity index (χ0n) is 65.3. The lowest BCUT2D eigenvalue weighted by atomic mass is 10.1. The Morgan fingerprint density at radius 1 is 0.330 bits per heavy atom. The number of aromatic nitrogens is 9. The maximum atomic E-state index is 13.5. The van der Waals surface area contributed by atoms with Gasteiger partial charge in [0.05, 0.1) is 28.4 Å². The number of hydroxylamine groups is 1. The molecule has 614 valence electrons. The molecule has 7 aromatic heterocycles. The van der Waals surface area contributed by atoms with Crippen molar-refractivity contribution in [2.75, 3.05) is 102 Å². The Hall–Kier alpha value is -13.5. The number of nitrogens with two attached hydrogens (primary N) is 1.